The average Bonchev–Trinajstić information content (AvgIpc) is 2.33. The van der Waals surface area contributed by atoms with Gasteiger partial charge in [0.05, 0.1) is 6.20 Å². The molecule has 0 saturated carbocycles. The number of hydrogen-bond acceptors (Lipinski definition) is 4. The number of rotatable bonds is 2. The van der Waals surface area contributed by atoms with Gasteiger partial charge in [-0.2, -0.15) is 0 Å². The first kappa shape index (κ1) is 7.74. The van der Waals surface area contributed by atoms with Gasteiger partial charge >= 0.3 is 5.97 Å². The van der Waals surface area contributed by atoms with Crippen molar-refractivity contribution in [1.82, 2.24) is 5.16 Å². The summed E-state index contributed by atoms with van der Waals surface area (Å²) in [4.78, 5) is 10.3. The molecule has 1 aromatic rings. The molecule has 11 heavy (non-hydrogen) atoms. The van der Waals surface area contributed by atoms with Crippen molar-refractivity contribution in [2.45, 2.75) is 13.0 Å². The van der Waals surface area contributed by atoms with Crippen LogP contribution in [0.15, 0.2) is 10.7 Å². The van der Waals surface area contributed by atoms with Crippen LogP contribution in [-0.4, -0.2) is 16.2 Å². The average molecular weight is 156 g/mol. The van der Waals surface area contributed by atoms with Crippen LogP contribution in [0.4, 0.5) is 0 Å². The third-order valence-electron chi connectivity index (χ3n) is 1.33. The molecule has 0 fully saturated rings. The maximum absolute atomic E-state index is 10.3. The standard InChI is InChI=1S/C6H8N2O3/c1-3-2-8-11-5(3)4(7)6(9)10/h2,4H,7H2,1H3,(H,9,10). The van der Waals surface area contributed by atoms with E-state index in [-0.39, 0.29) is 5.76 Å². The summed E-state index contributed by atoms with van der Waals surface area (Å²) in [7, 11) is 0. The second kappa shape index (κ2) is 2.71. The number of hydrogen-bond donors (Lipinski definition) is 2. The number of carboxylic acids is 1. The number of aryl methyl sites for hydroxylation is 1. The van der Waals surface area contributed by atoms with Gasteiger partial charge in [0.1, 0.15) is 0 Å². The lowest BCUT2D eigenvalue weighted by Crippen LogP contribution is -2.20. The summed E-state index contributed by atoms with van der Waals surface area (Å²) in [6.45, 7) is 1.69. The SMILES string of the molecule is Cc1cnoc1C(N)C(=O)O. The van der Waals surface area contributed by atoms with Gasteiger partial charge in [0.2, 0.25) is 0 Å². The Bertz CT molecular complexity index is 269. The van der Waals surface area contributed by atoms with Crippen molar-refractivity contribution < 1.29 is 14.4 Å². The molecular formula is C6H8N2O3. The molecule has 0 spiro atoms. The van der Waals surface area contributed by atoms with Crippen molar-refractivity contribution in [3.63, 3.8) is 0 Å². The van der Waals surface area contributed by atoms with Gasteiger partial charge in [-0.3, -0.25) is 4.79 Å². The summed E-state index contributed by atoms with van der Waals surface area (Å²) >= 11 is 0. The highest BCUT2D eigenvalue weighted by Crippen LogP contribution is 2.13. The Balaban J connectivity index is 2.92. The lowest BCUT2D eigenvalue weighted by atomic mass is 10.2. The van der Waals surface area contributed by atoms with Crippen LogP contribution in [0.1, 0.15) is 17.4 Å². The Morgan fingerprint density at radius 2 is 2.55 bits per heavy atom. The van der Waals surface area contributed by atoms with E-state index in [1.807, 2.05) is 0 Å². The molecule has 5 heteroatoms. The van der Waals surface area contributed by atoms with Crippen LogP contribution in [0.2, 0.25) is 0 Å². The fourth-order valence-electron chi connectivity index (χ4n) is 0.712. The number of aliphatic carboxylic acids is 1. The molecule has 1 rings (SSSR count). The Morgan fingerprint density at radius 3 is 2.91 bits per heavy atom. The quantitative estimate of drug-likeness (QED) is 0.632. The summed E-state index contributed by atoms with van der Waals surface area (Å²) < 4.78 is 4.63. The van der Waals surface area contributed by atoms with E-state index in [4.69, 9.17) is 10.8 Å². The van der Waals surface area contributed by atoms with E-state index in [2.05, 4.69) is 9.68 Å². The van der Waals surface area contributed by atoms with E-state index >= 15 is 0 Å². The van der Waals surface area contributed by atoms with Gasteiger partial charge in [-0.1, -0.05) is 5.16 Å². The van der Waals surface area contributed by atoms with Gasteiger partial charge < -0.3 is 15.4 Å². The largest absolute Gasteiger partial charge is 0.480 e. The predicted octanol–water partition coefficient (Wildman–Crippen LogP) is 0.0674. The Labute approximate surface area is 62.8 Å². The molecule has 1 unspecified atom stereocenters. The summed E-state index contributed by atoms with van der Waals surface area (Å²) in [5.74, 6) is -0.914. The van der Waals surface area contributed by atoms with Crippen LogP contribution < -0.4 is 5.73 Å². The first-order chi connectivity index (χ1) is 5.13. The van der Waals surface area contributed by atoms with Gasteiger partial charge in [-0.15, -0.1) is 0 Å². The summed E-state index contributed by atoms with van der Waals surface area (Å²) in [6.07, 6.45) is 1.43. The van der Waals surface area contributed by atoms with E-state index in [9.17, 15) is 4.79 Å². The third kappa shape index (κ3) is 1.38. The van der Waals surface area contributed by atoms with Crippen LogP contribution in [0.5, 0.6) is 0 Å². The number of nitrogens with zero attached hydrogens (tertiary/aromatic N) is 1. The lowest BCUT2D eigenvalue weighted by Gasteiger charge is -2.00. The third-order valence-corrected chi connectivity index (χ3v) is 1.33. The van der Waals surface area contributed by atoms with Gasteiger partial charge in [0.25, 0.3) is 0 Å². The normalized spacial score (nSPS) is 12.9. The molecular weight excluding hydrogens is 148 g/mol. The molecule has 3 N–H and O–H groups in total. The maximum atomic E-state index is 10.3. The Morgan fingerprint density at radius 1 is 1.91 bits per heavy atom. The molecule has 0 aliphatic heterocycles. The first-order valence-corrected chi connectivity index (χ1v) is 3.02. The zero-order chi connectivity index (χ0) is 8.43. The molecule has 5 nitrogen and oxygen atoms in total. The van der Waals surface area contributed by atoms with Crippen molar-refractivity contribution in [2.24, 2.45) is 5.73 Å². The first-order valence-electron chi connectivity index (χ1n) is 3.02. The molecule has 1 atom stereocenters. The highest BCUT2D eigenvalue weighted by atomic mass is 16.5. The van der Waals surface area contributed by atoms with Crippen molar-refractivity contribution >= 4 is 5.97 Å². The molecule has 0 bridgehead atoms. The van der Waals surface area contributed by atoms with Crippen molar-refractivity contribution in [3.05, 3.63) is 17.5 Å². The van der Waals surface area contributed by atoms with Gasteiger partial charge in [0.15, 0.2) is 11.8 Å². The predicted molar refractivity (Wildman–Crippen MR) is 35.8 cm³/mol. The van der Waals surface area contributed by atoms with Crippen molar-refractivity contribution in [3.8, 4) is 0 Å². The zero-order valence-electron chi connectivity index (χ0n) is 5.94. The highest BCUT2D eigenvalue weighted by Gasteiger charge is 2.20. The fourth-order valence-corrected chi connectivity index (χ4v) is 0.712. The number of aromatic nitrogens is 1. The molecule has 1 aromatic heterocycles. The summed E-state index contributed by atoms with van der Waals surface area (Å²) in [6, 6.07) is -1.11. The lowest BCUT2D eigenvalue weighted by molar-refractivity contribution is -0.139. The van der Waals surface area contributed by atoms with Crippen molar-refractivity contribution in [1.29, 1.82) is 0 Å². The van der Waals surface area contributed by atoms with E-state index in [0.717, 1.165) is 0 Å². The minimum Gasteiger partial charge on any atom is -0.480 e. The fraction of sp³-hybridized carbons (Fsp3) is 0.333. The summed E-state index contributed by atoms with van der Waals surface area (Å²) in [5, 5.41) is 11.9. The van der Waals surface area contributed by atoms with Crippen LogP contribution in [0, 0.1) is 6.92 Å². The van der Waals surface area contributed by atoms with Crippen molar-refractivity contribution in [2.75, 3.05) is 0 Å². The topological polar surface area (TPSA) is 89.4 Å². The van der Waals surface area contributed by atoms with E-state index in [1.54, 1.807) is 6.92 Å². The molecule has 0 aliphatic carbocycles. The van der Waals surface area contributed by atoms with E-state index in [0.29, 0.717) is 5.56 Å². The minimum absolute atomic E-state index is 0.206. The van der Waals surface area contributed by atoms with Crippen LogP contribution in [-0.2, 0) is 4.79 Å². The summed E-state index contributed by atoms with van der Waals surface area (Å²) in [5.41, 5.74) is 5.90. The number of nitrogens with two attached hydrogens (primary N) is 1. The zero-order valence-corrected chi connectivity index (χ0v) is 5.94. The number of carbonyl (C=O) groups is 1. The Kier molecular flexibility index (Phi) is 1.91. The maximum Gasteiger partial charge on any atom is 0.328 e. The monoisotopic (exact) mass is 156 g/mol. The highest BCUT2D eigenvalue weighted by molar-refractivity contribution is 5.74. The molecule has 0 radical (unpaired) electrons. The molecule has 0 aliphatic rings. The molecule has 1 heterocycles. The minimum atomic E-state index is -1.12. The smallest absolute Gasteiger partial charge is 0.328 e. The van der Waals surface area contributed by atoms with Gasteiger partial charge in [-0.05, 0) is 6.92 Å². The van der Waals surface area contributed by atoms with Crippen LogP contribution in [0.3, 0.4) is 0 Å². The molecule has 0 saturated heterocycles. The van der Waals surface area contributed by atoms with Gasteiger partial charge in [-0.25, -0.2) is 0 Å². The molecule has 0 aromatic carbocycles. The second-order valence-corrected chi connectivity index (χ2v) is 2.19. The van der Waals surface area contributed by atoms with E-state index < -0.39 is 12.0 Å². The van der Waals surface area contributed by atoms with Gasteiger partial charge in [0, 0.05) is 5.56 Å². The second-order valence-electron chi connectivity index (χ2n) is 2.19. The Hall–Kier alpha value is -1.36. The van der Waals surface area contributed by atoms with Crippen LogP contribution >= 0.6 is 0 Å². The molecule has 0 amide bonds. The van der Waals surface area contributed by atoms with Crippen LogP contribution in [0.25, 0.3) is 0 Å². The number of carboxylic acid groups (broad SMARTS) is 1. The molecule has 60 valence electrons. The van der Waals surface area contributed by atoms with E-state index in [1.165, 1.54) is 6.20 Å².